The number of morpholine rings is 1. The summed E-state index contributed by atoms with van der Waals surface area (Å²) in [5.74, 6) is 0.436. The lowest BCUT2D eigenvalue weighted by atomic mass is 10.1. The van der Waals surface area contributed by atoms with Crippen molar-refractivity contribution in [2.75, 3.05) is 35.7 Å². The van der Waals surface area contributed by atoms with Crippen LogP contribution in [0, 0.1) is 5.92 Å². The molecule has 1 amide bonds. The molecule has 2 fully saturated rings. The fourth-order valence-corrected chi connectivity index (χ4v) is 4.84. The van der Waals surface area contributed by atoms with Crippen LogP contribution in [0.3, 0.4) is 0 Å². The zero-order valence-electron chi connectivity index (χ0n) is 20.3. The number of ether oxygens (including phenoxy) is 1. The monoisotopic (exact) mass is 490 g/mol. The summed E-state index contributed by atoms with van der Waals surface area (Å²) < 4.78 is 25.3. The van der Waals surface area contributed by atoms with Gasteiger partial charge in [-0.3, -0.25) is 4.79 Å². The van der Waals surface area contributed by atoms with E-state index in [1.54, 1.807) is 25.5 Å². The molecule has 36 heavy (non-hydrogen) atoms. The molecule has 10 heteroatoms. The van der Waals surface area contributed by atoms with E-state index in [0.29, 0.717) is 28.7 Å². The van der Waals surface area contributed by atoms with Crippen molar-refractivity contribution in [2.45, 2.75) is 38.6 Å². The van der Waals surface area contributed by atoms with Crippen LogP contribution in [0.2, 0.25) is 0 Å². The number of alkyl halides is 1. The Morgan fingerprint density at radius 1 is 1.11 bits per heavy atom. The van der Waals surface area contributed by atoms with Gasteiger partial charge in [0.15, 0.2) is 5.58 Å². The second-order valence-electron chi connectivity index (χ2n) is 9.57. The van der Waals surface area contributed by atoms with E-state index in [2.05, 4.69) is 39.3 Å². The maximum absolute atomic E-state index is 13.3. The van der Waals surface area contributed by atoms with E-state index in [1.807, 2.05) is 18.2 Å². The standard InChI is InChI=1S/C26H27FN6O3/c1-13-11-33(12-14(2)35-13)15-4-5-22-21(6-15)31-26(36-22)19-10-30-24(28-3)18-9-29-23(8-16(18)19)32-25(34)17-7-20(17)27/h4-6,8-10,13-14,17,20H,7,11-12H2,1-3H3,(H,28,30)(H,29,32,34)/t13-,14+,17-,20+/m1/s1. The van der Waals surface area contributed by atoms with E-state index >= 15 is 0 Å². The van der Waals surface area contributed by atoms with Gasteiger partial charge in [-0.15, -0.1) is 0 Å². The van der Waals surface area contributed by atoms with E-state index in [1.165, 1.54) is 0 Å². The third-order valence-corrected chi connectivity index (χ3v) is 6.70. The number of aromatic nitrogens is 3. The van der Waals surface area contributed by atoms with Crippen LogP contribution in [0.15, 0.2) is 41.1 Å². The Kier molecular flexibility index (Phi) is 5.48. The van der Waals surface area contributed by atoms with E-state index in [-0.39, 0.29) is 24.5 Å². The van der Waals surface area contributed by atoms with E-state index in [9.17, 15) is 9.18 Å². The number of carbonyl (C=O) groups excluding carboxylic acids is 1. The Labute approximate surface area is 207 Å². The summed E-state index contributed by atoms with van der Waals surface area (Å²) in [6, 6.07) is 7.74. The van der Waals surface area contributed by atoms with Crippen molar-refractivity contribution in [2.24, 2.45) is 5.92 Å². The Bertz CT molecular complexity index is 1460. The highest BCUT2D eigenvalue weighted by Crippen LogP contribution is 2.37. The lowest BCUT2D eigenvalue weighted by Gasteiger charge is -2.36. The zero-order chi connectivity index (χ0) is 25.0. The molecule has 0 spiro atoms. The third kappa shape index (κ3) is 4.11. The highest BCUT2D eigenvalue weighted by molar-refractivity contribution is 6.03. The van der Waals surface area contributed by atoms with Crippen molar-refractivity contribution < 1.29 is 18.3 Å². The largest absolute Gasteiger partial charge is 0.436 e. The molecule has 4 heterocycles. The second kappa shape index (κ2) is 8.70. The summed E-state index contributed by atoms with van der Waals surface area (Å²) in [5.41, 5.74) is 3.14. The fourth-order valence-electron chi connectivity index (χ4n) is 4.84. The molecule has 9 nitrogen and oxygen atoms in total. The zero-order valence-corrected chi connectivity index (χ0v) is 20.3. The third-order valence-electron chi connectivity index (χ3n) is 6.70. The number of oxazole rings is 1. The molecule has 2 aliphatic rings. The summed E-state index contributed by atoms with van der Waals surface area (Å²) in [7, 11) is 1.78. The van der Waals surface area contributed by atoms with E-state index < -0.39 is 12.1 Å². The highest BCUT2D eigenvalue weighted by Gasteiger charge is 2.43. The first-order valence-corrected chi connectivity index (χ1v) is 12.1. The smallest absolute Gasteiger partial charge is 0.231 e. The Balaban J connectivity index is 1.38. The molecule has 1 aliphatic carbocycles. The van der Waals surface area contributed by atoms with Gasteiger partial charge in [0.25, 0.3) is 0 Å². The normalized spacial score (nSPS) is 23.7. The first-order valence-electron chi connectivity index (χ1n) is 12.1. The van der Waals surface area contributed by atoms with Crippen LogP contribution in [0.25, 0.3) is 33.3 Å². The molecule has 0 radical (unpaired) electrons. The van der Waals surface area contributed by atoms with E-state index in [4.69, 9.17) is 14.1 Å². The quantitative estimate of drug-likeness (QED) is 0.424. The molecule has 4 aromatic rings. The number of anilines is 3. The Hall–Kier alpha value is -3.79. The molecule has 2 N–H and O–H groups in total. The SMILES string of the molecule is CNc1ncc(-c2nc3cc(N4C[C@@H](C)O[C@@H](C)C4)ccc3o2)c2cc(NC(=O)[C@@H]3C[C@@H]3F)ncc12. The molecule has 6 rings (SSSR count). The van der Waals surface area contributed by atoms with Crippen molar-refractivity contribution in [3.8, 4) is 11.5 Å². The molecule has 186 valence electrons. The van der Waals surface area contributed by atoms with Gasteiger partial charge in [-0.05, 0) is 44.5 Å². The molecule has 1 saturated carbocycles. The number of nitrogens with one attached hydrogen (secondary N) is 2. The number of benzene rings is 1. The van der Waals surface area contributed by atoms with Gasteiger partial charge >= 0.3 is 0 Å². The molecule has 1 aliphatic heterocycles. The molecular weight excluding hydrogens is 463 g/mol. The van der Waals surface area contributed by atoms with Crippen molar-refractivity contribution in [3.05, 3.63) is 36.7 Å². The van der Waals surface area contributed by atoms with Crippen molar-refractivity contribution >= 4 is 45.1 Å². The van der Waals surface area contributed by atoms with Crippen molar-refractivity contribution in [1.82, 2.24) is 15.0 Å². The van der Waals surface area contributed by atoms with Crippen LogP contribution in [0.5, 0.6) is 0 Å². The average Bonchev–Trinajstić information content (AvgIpc) is 3.44. The maximum Gasteiger partial charge on any atom is 0.231 e. The first kappa shape index (κ1) is 22.7. The molecule has 0 unspecified atom stereocenters. The van der Waals surface area contributed by atoms with Gasteiger partial charge < -0.3 is 24.7 Å². The minimum atomic E-state index is -1.07. The van der Waals surface area contributed by atoms with Crippen molar-refractivity contribution in [1.29, 1.82) is 0 Å². The van der Waals surface area contributed by atoms with Gasteiger partial charge in [-0.25, -0.2) is 19.3 Å². The highest BCUT2D eigenvalue weighted by atomic mass is 19.1. The van der Waals surface area contributed by atoms with Gasteiger partial charge in [-0.2, -0.15) is 0 Å². The minimum absolute atomic E-state index is 0.152. The number of nitrogens with zero attached hydrogens (tertiary/aromatic N) is 4. The summed E-state index contributed by atoms with van der Waals surface area (Å²) in [5, 5.41) is 7.30. The number of rotatable bonds is 5. The average molecular weight is 491 g/mol. The summed E-state index contributed by atoms with van der Waals surface area (Å²) in [6.07, 6.45) is 2.81. The van der Waals surface area contributed by atoms with Gasteiger partial charge in [0, 0.05) is 49.0 Å². The van der Waals surface area contributed by atoms with Crippen molar-refractivity contribution in [3.63, 3.8) is 0 Å². The number of carbonyl (C=O) groups is 1. The number of pyridine rings is 2. The number of hydrogen-bond acceptors (Lipinski definition) is 8. The molecular formula is C26H27FN6O3. The van der Waals surface area contributed by atoms with Crippen LogP contribution in [-0.4, -0.2) is 59.4 Å². The number of amides is 1. The Morgan fingerprint density at radius 2 is 1.89 bits per heavy atom. The van der Waals surface area contributed by atoms with Crippen LogP contribution < -0.4 is 15.5 Å². The molecule has 1 saturated heterocycles. The summed E-state index contributed by atoms with van der Waals surface area (Å²) in [6.45, 7) is 5.78. The van der Waals surface area contributed by atoms with Gasteiger partial charge in [0.2, 0.25) is 11.8 Å². The number of hydrogen-bond donors (Lipinski definition) is 2. The first-order chi connectivity index (χ1) is 17.4. The number of fused-ring (bicyclic) bond motifs is 2. The maximum atomic E-state index is 13.3. The molecule has 4 atom stereocenters. The molecule has 1 aromatic carbocycles. The molecule has 3 aromatic heterocycles. The summed E-state index contributed by atoms with van der Waals surface area (Å²) in [4.78, 5) is 28.2. The Morgan fingerprint density at radius 3 is 2.61 bits per heavy atom. The summed E-state index contributed by atoms with van der Waals surface area (Å²) >= 11 is 0. The fraction of sp³-hybridized carbons (Fsp3) is 0.385. The second-order valence-corrected chi connectivity index (χ2v) is 9.57. The minimum Gasteiger partial charge on any atom is -0.436 e. The van der Waals surface area contributed by atoms with Gasteiger partial charge in [0.05, 0.1) is 23.7 Å². The topological polar surface area (TPSA) is 105 Å². The lowest BCUT2D eigenvalue weighted by molar-refractivity contribution is -0.117. The van der Waals surface area contributed by atoms with Crippen LogP contribution in [0.4, 0.5) is 21.7 Å². The van der Waals surface area contributed by atoms with Crippen LogP contribution >= 0.6 is 0 Å². The lowest BCUT2D eigenvalue weighted by Crippen LogP contribution is -2.45. The predicted octanol–water partition coefficient (Wildman–Crippen LogP) is 4.39. The van der Waals surface area contributed by atoms with Crippen LogP contribution in [0.1, 0.15) is 20.3 Å². The number of halogens is 1. The predicted molar refractivity (Wildman–Crippen MR) is 136 cm³/mol. The van der Waals surface area contributed by atoms with Crippen LogP contribution in [-0.2, 0) is 9.53 Å². The van der Waals surface area contributed by atoms with Gasteiger partial charge in [0.1, 0.15) is 23.3 Å². The molecule has 0 bridgehead atoms. The van der Waals surface area contributed by atoms with E-state index in [0.717, 1.165) is 35.1 Å². The van der Waals surface area contributed by atoms with Gasteiger partial charge in [-0.1, -0.05) is 0 Å².